The Balaban J connectivity index is 1.90. The van der Waals surface area contributed by atoms with Gasteiger partial charge in [-0.3, -0.25) is 15.0 Å². The van der Waals surface area contributed by atoms with E-state index in [0.29, 0.717) is 19.2 Å². The fraction of sp³-hybridized carbons (Fsp3) is 0.632. The Morgan fingerprint density at radius 3 is 2.68 bits per heavy atom. The van der Waals surface area contributed by atoms with Gasteiger partial charge in [0, 0.05) is 58.1 Å². The summed E-state index contributed by atoms with van der Waals surface area (Å²) in [5, 5.41) is 17.5. The van der Waals surface area contributed by atoms with Crippen molar-refractivity contribution in [3.05, 3.63) is 39.9 Å². The highest BCUT2D eigenvalue weighted by Crippen LogP contribution is 2.12. The number of aliphatic imine (C=N–C) groups is 1. The van der Waals surface area contributed by atoms with E-state index < -0.39 is 4.92 Å². The van der Waals surface area contributed by atoms with Crippen LogP contribution in [0.15, 0.2) is 29.3 Å². The van der Waals surface area contributed by atoms with Gasteiger partial charge in [0.25, 0.3) is 5.69 Å². The fourth-order valence-corrected chi connectivity index (χ4v) is 2.88. The molecular formula is C19H31N5O4. The molecule has 9 heteroatoms. The van der Waals surface area contributed by atoms with E-state index in [1.165, 1.54) is 12.1 Å². The highest BCUT2D eigenvalue weighted by atomic mass is 16.6. The highest BCUT2D eigenvalue weighted by molar-refractivity contribution is 5.79. The van der Waals surface area contributed by atoms with Gasteiger partial charge in [0.15, 0.2) is 5.96 Å². The molecule has 1 aromatic carbocycles. The number of hydrogen-bond acceptors (Lipinski definition) is 6. The van der Waals surface area contributed by atoms with Crippen molar-refractivity contribution in [2.75, 3.05) is 53.1 Å². The van der Waals surface area contributed by atoms with Crippen LogP contribution in [0.3, 0.4) is 0 Å². The number of benzene rings is 1. The number of hydrogen-bond donors (Lipinski definition) is 2. The standard InChI is InChI=1S/C19H31N5O4/c1-16(23-9-12-28-13-10-23)14-21-19(20-8-3-11-27-2)22-15-17-4-6-18(7-5-17)24(25)26/h4-7,16H,3,8-15H2,1-2H3,(H2,20,21,22). The molecule has 1 unspecified atom stereocenters. The summed E-state index contributed by atoms with van der Waals surface area (Å²) in [6, 6.07) is 6.85. The summed E-state index contributed by atoms with van der Waals surface area (Å²) >= 11 is 0. The lowest BCUT2D eigenvalue weighted by Gasteiger charge is -2.32. The molecule has 0 aromatic heterocycles. The van der Waals surface area contributed by atoms with E-state index in [9.17, 15) is 10.1 Å². The van der Waals surface area contributed by atoms with Gasteiger partial charge in [-0.05, 0) is 18.9 Å². The third-order valence-corrected chi connectivity index (χ3v) is 4.62. The molecule has 0 aliphatic carbocycles. The van der Waals surface area contributed by atoms with Crippen molar-refractivity contribution in [2.45, 2.75) is 25.9 Å². The molecule has 0 bridgehead atoms. The largest absolute Gasteiger partial charge is 0.385 e. The van der Waals surface area contributed by atoms with E-state index in [-0.39, 0.29) is 5.69 Å². The Bertz CT molecular complexity index is 617. The minimum atomic E-state index is -0.398. The van der Waals surface area contributed by atoms with Crippen molar-refractivity contribution in [1.29, 1.82) is 0 Å². The third kappa shape index (κ3) is 7.79. The van der Waals surface area contributed by atoms with Crippen LogP contribution in [0.1, 0.15) is 18.9 Å². The predicted octanol–water partition coefficient (Wildman–Crippen LogP) is 1.39. The molecule has 1 heterocycles. The summed E-state index contributed by atoms with van der Waals surface area (Å²) in [6.07, 6.45) is 0.883. The van der Waals surface area contributed by atoms with E-state index in [1.54, 1.807) is 19.2 Å². The first-order valence-corrected chi connectivity index (χ1v) is 9.66. The zero-order valence-corrected chi connectivity index (χ0v) is 16.7. The molecule has 1 atom stereocenters. The minimum absolute atomic E-state index is 0.0862. The van der Waals surface area contributed by atoms with E-state index in [2.05, 4.69) is 27.4 Å². The molecule has 0 radical (unpaired) electrons. The Morgan fingerprint density at radius 1 is 1.32 bits per heavy atom. The molecular weight excluding hydrogens is 362 g/mol. The van der Waals surface area contributed by atoms with Crippen molar-refractivity contribution in [1.82, 2.24) is 15.5 Å². The average Bonchev–Trinajstić information content (AvgIpc) is 2.73. The molecule has 156 valence electrons. The number of nitrogens with one attached hydrogen (secondary N) is 2. The zero-order chi connectivity index (χ0) is 20.2. The Kier molecular flexibility index (Phi) is 9.67. The molecule has 1 aliphatic heterocycles. The number of ether oxygens (including phenoxy) is 2. The zero-order valence-electron chi connectivity index (χ0n) is 16.7. The van der Waals surface area contributed by atoms with Crippen LogP contribution in [0.5, 0.6) is 0 Å². The molecule has 0 spiro atoms. The molecule has 2 N–H and O–H groups in total. The average molecular weight is 393 g/mol. The van der Waals surface area contributed by atoms with Crippen LogP contribution in [-0.4, -0.2) is 74.9 Å². The third-order valence-electron chi connectivity index (χ3n) is 4.62. The first kappa shape index (κ1) is 22.1. The van der Waals surface area contributed by atoms with Gasteiger partial charge in [-0.25, -0.2) is 4.99 Å². The lowest BCUT2D eigenvalue weighted by Crippen LogP contribution is -2.49. The Labute approximate surface area is 166 Å². The Morgan fingerprint density at radius 2 is 2.04 bits per heavy atom. The molecule has 0 saturated carbocycles. The van der Waals surface area contributed by atoms with Crippen LogP contribution in [0.4, 0.5) is 5.69 Å². The van der Waals surface area contributed by atoms with Gasteiger partial charge in [0.2, 0.25) is 0 Å². The number of nitro benzene ring substituents is 1. The molecule has 1 saturated heterocycles. The van der Waals surface area contributed by atoms with Gasteiger partial charge < -0.3 is 20.1 Å². The maximum atomic E-state index is 10.8. The number of nitrogens with zero attached hydrogens (tertiary/aromatic N) is 3. The quantitative estimate of drug-likeness (QED) is 0.204. The van der Waals surface area contributed by atoms with E-state index in [4.69, 9.17) is 9.47 Å². The number of methoxy groups -OCH3 is 1. The van der Waals surface area contributed by atoms with Crippen molar-refractivity contribution >= 4 is 11.6 Å². The normalized spacial score (nSPS) is 16.6. The molecule has 1 fully saturated rings. The van der Waals surface area contributed by atoms with E-state index >= 15 is 0 Å². The minimum Gasteiger partial charge on any atom is -0.385 e. The van der Waals surface area contributed by atoms with E-state index in [1.807, 2.05) is 0 Å². The summed E-state index contributed by atoms with van der Waals surface area (Å²) in [5.41, 5.74) is 1.01. The number of rotatable bonds is 10. The molecule has 1 aliphatic rings. The molecule has 28 heavy (non-hydrogen) atoms. The summed E-state index contributed by atoms with van der Waals surface area (Å²) in [7, 11) is 1.69. The van der Waals surface area contributed by atoms with Crippen LogP contribution in [0.2, 0.25) is 0 Å². The number of morpholine rings is 1. The topological polar surface area (TPSA) is 101 Å². The van der Waals surface area contributed by atoms with Gasteiger partial charge in [0.1, 0.15) is 0 Å². The fourth-order valence-electron chi connectivity index (χ4n) is 2.88. The van der Waals surface area contributed by atoms with Crippen molar-refractivity contribution < 1.29 is 14.4 Å². The van der Waals surface area contributed by atoms with Crippen LogP contribution in [0, 0.1) is 10.1 Å². The molecule has 1 aromatic rings. The summed E-state index contributed by atoms with van der Waals surface area (Å²) in [4.78, 5) is 17.4. The number of nitro groups is 1. The monoisotopic (exact) mass is 393 g/mol. The van der Waals surface area contributed by atoms with Gasteiger partial charge >= 0.3 is 0 Å². The molecule has 2 rings (SSSR count). The summed E-state index contributed by atoms with van der Waals surface area (Å²) in [5.74, 6) is 0.731. The molecule has 0 amide bonds. The van der Waals surface area contributed by atoms with Crippen LogP contribution >= 0.6 is 0 Å². The van der Waals surface area contributed by atoms with Gasteiger partial charge in [-0.2, -0.15) is 0 Å². The Hall–Kier alpha value is -2.23. The summed E-state index contributed by atoms with van der Waals surface area (Å²) in [6.45, 7) is 8.30. The second-order valence-corrected chi connectivity index (χ2v) is 6.74. The lowest BCUT2D eigenvalue weighted by atomic mass is 10.2. The smallest absolute Gasteiger partial charge is 0.269 e. The maximum Gasteiger partial charge on any atom is 0.269 e. The highest BCUT2D eigenvalue weighted by Gasteiger charge is 2.17. The van der Waals surface area contributed by atoms with Gasteiger partial charge in [0.05, 0.1) is 24.7 Å². The first-order valence-electron chi connectivity index (χ1n) is 9.66. The lowest BCUT2D eigenvalue weighted by molar-refractivity contribution is -0.384. The van der Waals surface area contributed by atoms with Gasteiger partial charge in [-0.1, -0.05) is 12.1 Å². The van der Waals surface area contributed by atoms with Crippen LogP contribution in [-0.2, 0) is 16.0 Å². The van der Waals surface area contributed by atoms with Crippen LogP contribution in [0.25, 0.3) is 0 Å². The van der Waals surface area contributed by atoms with E-state index in [0.717, 1.165) is 57.3 Å². The summed E-state index contributed by atoms with van der Waals surface area (Å²) < 4.78 is 10.5. The van der Waals surface area contributed by atoms with Crippen LogP contribution < -0.4 is 10.6 Å². The number of guanidine groups is 1. The predicted molar refractivity (Wildman–Crippen MR) is 109 cm³/mol. The van der Waals surface area contributed by atoms with Crippen molar-refractivity contribution in [3.8, 4) is 0 Å². The first-order chi connectivity index (χ1) is 13.6. The second-order valence-electron chi connectivity index (χ2n) is 6.74. The number of non-ortho nitro benzene ring substituents is 1. The van der Waals surface area contributed by atoms with Crippen molar-refractivity contribution in [3.63, 3.8) is 0 Å². The van der Waals surface area contributed by atoms with Crippen molar-refractivity contribution in [2.24, 2.45) is 4.99 Å². The second kappa shape index (κ2) is 12.3. The van der Waals surface area contributed by atoms with Gasteiger partial charge in [-0.15, -0.1) is 0 Å². The molecule has 9 nitrogen and oxygen atoms in total. The SMILES string of the molecule is COCCCNC(=NCc1ccc([N+](=O)[O-])cc1)NCC(C)N1CCOCC1. The maximum absolute atomic E-state index is 10.8.